The van der Waals surface area contributed by atoms with Crippen molar-refractivity contribution in [3.05, 3.63) is 52.5 Å². The van der Waals surface area contributed by atoms with Crippen molar-refractivity contribution in [2.75, 3.05) is 19.5 Å². The molecule has 0 bridgehead atoms. The Morgan fingerprint density at radius 1 is 1.12 bits per heavy atom. The maximum atomic E-state index is 12.5. The van der Waals surface area contributed by atoms with E-state index in [-0.39, 0.29) is 5.91 Å². The van der Waals surface area contributed by atoms with Gasteiger partial charge in [0.1, 0.15) is 11.5 Å². The summed E-state index contributed by atoms with van der Waals surface area (Å²) in [5.74, 6) is 0.277. The number of methoxy groups -OCH3 is 2. The van der Waals surface area contributed by atoms with Crippen LogP contribution in [0.15, 0.2) is 45.6 Å². The number of benzene rings is 2. The molecule has 7 nitrogen and oxygen atoms in total. The Labute approximate surface area is 137 Å². The average Bonchev–Trinajstić information content (AvgIpc) is 2.88. The Morgan fingerprint density at radius 2 is 1.92 bits per heavy atom. The van der Waals surface area contributed by atoms with E-state index in [2.05, 4.69) is 5.32 Å². The highest BCUT2D eigenvalue weighted by Crippen LogP contribution is 2.29. The highest BCUT2D eigenvalue weighted by atomic mass is 16.5. The second kappa shape index (κ2) is 6.11. The van der Waals surface area contributed by atoms with Crippen LogP contribution < -0.4 is 20.5 Å². The van der Waals surface area contributed by atoms with Crippen LogP contribution >= 0.6 is 0 Å². The van der Waals surface area contributed by atoms with Gasteiger partial charge in [0.25, 0.3) is 5.91 Å². The molecule has 0 spiro atoms. The van der Waals surface area contributed by atoms with Crippen LogP contribution in [0.3, 0.4) is 0 Å². The molecule has 2 aromatic carbocycles. The number of rotatable bonds is 4. The molecule has 0 aliphatic carbocycles. The van der Waals surface area contributed by atoms with Crippen molar-refractivity contribution in [1.82, 2.24) is 4.57 Å². The van der Waals surface area contributed by atoms with Crippen molar-refractivity contribution in [3.8, 4) is 11.5 Å². The Bertz CT molecular complexity index is 971. The minimum absolute atomic E-state index is 0.352. The van der Waals surface area contributed by atoms with Gasteiger partial charge in [-0.15, -0.1) is 0 Å². The first-order chi connectivity index (χ1) is 11.5. The normalized spacial score (nSPS) is 10.6. The van der Waals surface area contributed by atoms with Gasteiger partial charge in [-0.3, -0.25) is 9.36 Å². The Hall–Kier alpha value is -3.22. The molecule has 1 aromatic heterocycles. The lowest BCUT2D eigenvalue weighted by Crippen LogP contribution is -2.12. The van der Waals surface area contributed by atoms with E-state index in [1.807, 2.05) is 0 Å². The zero-order valence-corrected chi connectivity index (χ0v) is 13.5. The van der Waals surface area contributed by atoms with Crippen molar-refractivity contribution >= 4 is 22.7 Å². The van der Waals surface area contributed by atoms with E-state index in [1.54, 1.807) is 44.5 Å². The summed E-state index contributed by atoms with van der Waals surface area (Å²) in [5.41, 5.74) is 1.82. The molecule has 1 amide bonds. The molecule has 0 radical (unpaired) electrons. The third-order valence-corrected chi connectivity index (χ3v) is 3.71. The number of fused-ring (bicyclic) bond motifs is 1. The third-order valence-electron chi connectivity index (χ3n) is 3.71. The number of aromatic nitrogens is 1. The van der Waals surface area contributed by atoms with E-state index < -0.39 is 5.76 Å². The van der Waals surface area contributed by atoms with Gasteiger partial charge in [-0.2, -0.15) is 0 Å². The summed E-state index contributed by atoms with van der Waals surface area (Å²) in [6.07, 6.45) is 0. The van der Waals surface area contributed by atoms with Gasteiger partial charge < -0.3 is 19.2 Å². The van der Waals surface area contributed by atoms with Crippen LogP contribution in [0.5, 0.6) is 11.5 Å². The molecule has 24 heavy (non-hydrogen) atoms. The maximum Gasteiger partial charge on any atom is 0.419 e. The zero-order valence-electron chi connectivity index (χ0n) is 13.5. The van der Waals surface area contributed by atoms with Crippen LogP contribution in [0, 0.1) is 0 Å². The predicted octanol–water partition coefficient (Wildman–Crippen LogP) is 2.40. The van der Waals surface area contributed by atoms with Gasteiger partial charge >= 0.3 is 5.76 Å². The van der Waals surface area contributed by atoms with Crippen LogP contribution in [-0.4, -0.2) is 24.7 Å². The van der Waals surface area contributed by atoms with E-state index >= 15 is 0 Å². The summed E-state index contributed by atoms with van der Waals surface area (Å²) in [6, 6.07) is 9.92. The fraction of sp³-hybridized carbons (Fsp3) is 0.176. The molecule has 0 atom stereocenters. The number of hydrogen-bond acceptors (Lipinski definition) is 5. The molecule has 3 rings (SSSR count). The molecule has 0 unspecified atom stereocenters. The summed E-state index contributed by atoms with van der Waals surface area (Å²) >= 11 is 0. The summed E-state index contributed by atoms with van der Waals surface area (Å²) in [6.45, 7) is 0. The van der Waals surface area contributed by atoms with Gasteiger partial charge in [-0.1, -0.05) is 0 Å². The summed E-state index contributed by atoms with van der Waals surface area (Å²) in [7, 11) is 4.66. The molecular weight excluding hydrogens is 312 g/mol. The number of nitrogens with one attached hydrogen (secondary N) is 1. The quantitative estimate of drug-likeness (QED) is 0.795. The Balaban J connectivity index is 1.94. The van der Waals surface area contributed by atoms with Gasteiger partial charge in [0.2, 0.25) is 0 Å². The van der Waals surface area contributed by atoms with Crippen molar-refractivity contribution in [3.63, 3.8) is 0 Å². The molecular formula is C17H16N2O5. The van der Waals surface area contributed by atoms with Gasteiger partial charge in [0.05, 0.1) is 25.4 Å². The maximum absolute atomic E-state index is 12.5. The van der Waals surface area contributed by atoms with Crippen molar-refractivity contribution in [2.24, 2.45) is 7.05 Å². The van der Waals surface area contributed by atoms with Crippen LogP contribution in [0.2, 0.25) is 0 Å². The molecule has 1 N–H and O–H groups in total. The number of aryl methyl sites for hydroxylation is 1. The van der Waals surface area contributed by atoms with E-state index in [1.165, 1.54) is 17.7 Å². The number of oxazole rings is 1. The third kappa shape index (κ3) is 2.71. The molecule has 1 heterocycles. The second-order valence-electron chi connectivity index (χ2n) is 5.13. The first kappa shape index (κ1) is 15.7. The second-order valence-corrected chi connectivity index (χ2v) is 5.13. The minimum Gasteiger partial charge on any atom is -0.497 e. The number of hydrogen-bond donors (Lipinski definition) is 1. The standard InChI is InChI=1S/C17H16N2O5/c1-19-13-6-4-10(8-15(13)24-17(19)21)16(20)18-12-9-11(22-2)5-7-14(12)23-3/h4-9H,1-3H3,(H,18,20). The largest absolute Gasteiger partial charge is 0.497 e. The van der Waals surface area contributed by atoms with Crippen LogP contribution in [0.1, 0.15) is 10.4 Å². The van der Waals surface area contributed by atoms with Crippen molar-refractivity contribution in [2.45, 2.75) is 0 Å². The van der Waals surface area contributed by atoms with Crippen LogP contribution in [0.4, 0.5) is 5.69 Å². The van der Waals surface area contributed by atoms with Gasteiger partial charge in [-0.05, 0) is 30.3 Å². The first-order valence-corrected chi connectivity index (χ1v) is 7.16. The van der Waals surface area contributed by atoms with E-state index in [4.69, 9.17) is 13.9 Å². The fourth-order valence-electron chi connectivity index (χ4n) is 2.38. The molecule has 7 heteroatoms. The van der Waals surface area contributed by atoms with E-state index in [9.17, 15) is 9.59 Å². The number of carbonyl (C=O) groups excluding carboxylic acids is 1. The molecule has 0 saturated carbocycles. The van der Waals surface area contributed by atoms with E-state index in [0.717, 1.165) is 0 Å². The van der Waals surface area contributed by atoms with Crippen molar-refractivity contribution in [1.29, 1.82) is 0 Å². The fourth-order valence-corrected chi connectivity index (χ4v) is 2.38. The average molecular weight is 328 g/mol. The smallest absolute Gasteiger partial charge is 0.419 e. The molecule has 0 aliphatic heterocycles. The number of carbonyl (C=O) groups is 1. The molecule has 0 fully saturated rings. The number of amides is 1. The first-order valence-electron chi connectivity index (χ1n) is 7.16. The summed E-state index contributed by atoms with van der Waals surface area (Å²) < 4.78 is 16.9. The zero-order chi connectivity index (χ0) is 17.3. The number of ether oxygens (including phenoxy) is 2. The minimum atomic E-state index is -0.475. The molecule has 0 aliphatic rings. The SMILES string of the molecule is COc1ccc(OC)c(NC(=O)c2ccc3c(c2)oc(=O)n3C)c1. The summed E-state index contributed by atoms with van der Waals surface area (Å²) in [5, 5.41) is 2.77. The predicted molar refractivity (Wildman–Crippen MR) is 89.0 cm³/mol. The number of anilines is 1. The van der Waals surface area contributed by atoms with Gasteiger partial charge in [-0.25, -0.2) is 4.79 Å². The molecule has 124 valence electrons. The highest BCUT2D eigenvalue weighted by Gasteiger charge is 2.14. The molecule has 3 aromatic rings. The van der Waals surface area contributed by atoms with Crippen LogP contribution in [-0.2, 0) is 7.05 Å². The number of nitrogens with zero attached hydrogens (tertiary/aromatic N) is 1. The molecule has 0 saturated heterocycles. The monoisotopic (exact) mass is 328 g/mol. The lowest BCUT2D eigenvalue weighted by molar-refractivity contribution is 0.102. The van der Waals surface area contributed by atoms with Crippen molar-refractivity contribution < 1.29 is 18.7 Å². The van der Waals surface area contributed by atoms with E-state index in [0.29, 0.717) is 33.8 Å². The van der Waals surface area contributed by atoms with Gasteiger partial charge in [0.15, 0.2) is 5.58 Å². The van der Waals surface area contributed by atoms with Crippen LogP contribution in [0.25, 0.3) is 11.1 Å². The highest BCUT2D eigenvalue weighted by molar-refractivity contribution is 6.06. The Kier molecular flexibility index (Phi) is 3.99. The lowest BCUT2D eigenvalue weighted by Gasteiger charge is -2.11. The Morgan fingerprint density at radius 3 is 2.62 bits per heavy atom. The topological polar surface area (TPSA) is 82.7 Å². The van der Waals surface area contributed by atoms with Gasteiger partial charge in [0, 0.05) is 18.7 Å². The summed E-state index contributed by atoms with van der Waals surface area (Å²) in [4.78, 5) is 24.0. The lowest BCUT2D eigenvalue weighted by atomic mass is 10.2.